The molecule has 1 aromatic heterocycles. The standard InChI is InChI=1S/C25H34N4O3S/c1-25(2,3)24-26-22-16-20(28(4)33(31)21-10-7-19(27-30)8-11-21)9-12-23(22)29(24)17-18-6-5-14-32-15-13-18/h7-12,16,18,27,30H,5-6,13-15,17H2,1-4H3/p+1. The van der Waals surface area contributed by atoms with Crippen LogP contribution in [0.3, 0.4) is 0 Å². The van der Waals surface area contributed by atoms with Gasteiger partial charge in [-0.3, -0.25) is 4.31 Å². The van der Waals surface area contributed by atoms with Gasteiger partial charge in [0.25, 0.3) is 0 Å². The summed E-state index contributed by atoms with van der Waals surface area (Å²) >= 11 is 0. The molecule has 8 heteroatoms. The number of fused-ring (bicyclic) bond motifs is 1. The van der Waals surface area contributed by atoms with Gasteiger partial charge in [0.1, 0.15) is 5.82 Å². The predicted molar refractivity (Wildman–Crippen MR) is 131 cm³/mol. The topological polar surface area (TPSA) is 84.2 Å². The van der Waals surface area contributed by atoms with E-state index in [0.717, 1.165) is 60.6 Å². The highest BCUT2D eigenvalue weighted by Crippen LogP contribution is 2.31. The highest BCUT2D eigenvalue weighted by atomic mass is 32.2. The number of hydrogen-bond donors (Lipinski definition) is 2. The molecule has 0 aliphatic carbocycles. The zero-order valence-corrected chi connectivity index (χ0v) is 20.8. The van der Waals surface area contributed by atoms with Crippen LogP contribution < -0.4 is 9.79 Å². The Bertz CT molecular complexity index is 1110. The fourth-order valence-corrected chi connectivity index (χ4v) is 5.40. The third-order valence-corrected chi connectivity index (χ3v) is 7.64. The zero-order chi connectivity index (χ0) is 23.6. The molecule has 1 saturated heterocycles. The summed E-state index contributed by atoms with van der Waals surface area (Å²) in [6.45, 7) is 9.26. The van der Waals surface area contributed by atoms with Crippen molar-refractivity contribution >= 4 is 33.4 Å². The van der Waals surface area contributed by atoms with Gasteiger partial charge in [-0.25, -0.2) is 14.4 Å². The molecule has 33 heavy (non-hydrogen) atoms. The number of anilines is 1. The van der Waals surface area contributed by atoms with E-state index in [9.17, 15) is 4.21 Å². The van der Waals surface area contributed by atoms with Crippen LogP contribution in [0.1, 0.15) is 45.9 Å². The largest absolute Gasteiger partial charge is 0.381 e. The van der Waals surface area contributed by atoms with Crippen molar-refractivity contribution in [1.29, 1.82) is 0 Å². The SMILES string of the molecule is CN(c1ccc2c(c1)nc(C(C)(C)C)n2CC1CCCOCC1)S(=O)c1ccc([NH2+]O)cc1. The molecule has 0 saturated carbocycles. The lowest BCUT2D eigenvalue weighted by Crippen LogP contribution is -2.73. The molecule has 1 fully saturated rings. The molecule has 4 rings (SSSR count). The summed E-state index contributed by atoms with van der Waals surface area (Å²) in [7, 11) is 0.464. The lowest BCUT2D eigenvalue weighted by Gasteiger charge is -2.23. The van der Waals surface area contributed by atoms with Gasteiger partial charge in [-0.2, -0.15) is 5.48 Å². The maximum Gasteiger partial charge on any atom is 0.161 e. The first-order chi connectivity index (χ1) is 15.8. The maximum absolute atomic E-state index is 13.1. The fraction of sp³-hybridized carbons (Fsp3) is 0.480. The van der Waals surface area contributed by atoms with Crippen LogP contribution in [0, 0.1) is 5.92 Å². The lowest BCUT2D eigenvalue weighted by atomic mass is 9.94. The lowest BCUT2D eigenvalue weighted by molar-refractivity contribution is -0.825. The quantitative estimate of drug-likeness (QED) is 0.422. The van der Waals surface area contributed by atoms with Crippen LogP contribution >= 0.6 is 0 Å². The summed E-state index contributed by atoms with van der Waals surface area (Å²) in [5.41, 5.74) is 4.54. The van der Waals surface area contributed by atoms with Crippen LogP contribution in [0.5, 0.6) is 0 Å². The molecule has 7 nitrogen and oxygen atoms in total. The van der Waals surface area contributed by atoms with E-state index in [4.69, 9.17) is 14.9 Å². The van der Waals surface area contributed by atoms with Crippen molar-refractivity contribution in [2.24, 2.45) is 5.92 Å². The Morgan fingerprint density at radius 3 is 2.64 bits per heavy atom. The minimum Gasteiger partial charge on any atom is -0.381 e. The van der Waals surface area contributed by atoms with Gasteiger partial charge < -0.3 is 9.30 Å². The van der Waals surface area contributed by atoms with Gasteiger partial charge in [-0.1, -0.05) is 20.8 Å². The number of benzene rings is 2. The van der Waals surface area contributed by atoms with E-state index >= 15 is 0 Å². The molecule has 0 bridgehead atoms. The van der Waals surface area contributed by atoms with Crippen molar-refractivity contribution in [3.8, 4) is 0 Å². The van der Waals surface area contributed by atoms with Crippen molar-refractivity contribution < 1.29 is 19.6 Å². The molecule has 3 N–H and O–H groups in total. The Morgan fingerprint density at radius 1 is 1.18 bits per heavy atom. The van der Waals surface area contributed by atoms with Crippen molar-refractivity contribution in [2.75, 3.05) is 24.6 Å². The number of hydrogen-bond acceptors (Lipinski definition) is 4. The summed E-state index contributed by atoms with van der Waals surface area (Å²) in [6.07, 6.45) is 3.37. The highest BCUT2D eigenvalue weighted by molar-refractivity contribution is 7.86. The first-order valence-electron chi connectivity index (χ1n) is 11.6. The Morgan fingerprint density at radius 2 is 1.94 bits per heavy atom. The summed E-state index contributed by atoms with van der Waals surface area (Å²) in [4.78, 5) is 5.73. The van der Waals surface area contributed by atoms with E-state index < -0.39 is 11.0 Å². The van der Waals surface area contributed by atoms with Crippen molar-refractivity contribution in [2.45, 2.75) is 56.9 Å². The molecule has 2 aromatic carbocycles. The number of nitrogens with zero attached hydrogens (tertiary/aromatic N) is 3. The molecule has 0 amide bonds. The molecule has 2 atom stereocenters. The Balaban J connectivity index is 1.65. The molecular formula is C25H35N4O3S+. The van der Waals surface area contributed by atoms with E-state index in [2.05, 4.69) is 31.4 Å². The molecule has 178 valence electrons. The molecule has 2 heterocycles. The minimum absolute atomic E-state index is 0.0827. The molecule has 0 radical (unpaired) electrons. The van der Waals surface area contributed by atoms with Crippen LogP contribution in [-0.2, 0) is 27.7 Å². The van der Waals surface area contributed by atoms with Crippen LogP contribution in [0.15, 0.2) is 47.4 Å². The number of rotatable bonds is 6. The van der Waals surface area contributed by atoms with E-state index in [-0.39, 0.29) is 5.41 Å². The van der Waals surface area contributed by atoms with Gasteiger partial charge >= 0.3 is 0 Å². The molecular weight excluding hydrogens is 436 g/mol. The van der Waals surface area contributed by atoms with Gasteiger partial charge in [-0.15, -0.1) is 0 Å². The first kappa shape index (κ1) is 23.9. The molecule has 0 spiro atoms. The van der Waals surface area contributed by atoms with Gasteiger partial charge in [0.15, 0.2) is 16.7 Å². The average molecular weight is 472 g/mol. The highest BCUT2D eigenvalue weighted by Gasteiger charge is 2.25. The van der Waals surface area contributed by atoms with Crippen molar-refractivity contribution in [3.63, 3.8) is 0 Å². The Kier molecular flexibility index (Phi) is 7.19. The molecule has 3 aromatic rings. The van der Waals surface area contributed by atoms with Crippen LogP contribution in [0.25, 0.3) is 11.0 Å². The monoisotopic (exact) mass is 471 g/mol. The van der Waals surface area contributed by atoms with Gasteiger partial charge in [0, 0.05) is 44.4 Å². The summed E-state index contributed by atoms with van der Waals surface area (Å²) in [5.74, 6) is 1.67. The first-order valence-corrected chi connectivity index (χ1v) is 12.7. The third-order valence-electron chi connectivity index (χ3n) is 6.26. The molecule has 1 aliphatic heterocycles. The number of quaternary nitrogens is 1. The number of imidazole rings is 1. The average Bonchev–Trinajstić information content (AvgIpc) is 2.98. The maximum atomic E-state index is 13.1. The zero-order valence-electron chi connectivity index (χ0n) is 20.0. The second kappa shape index (κ2) is 9.93. The summed E-state index contributed by atoms with van der Waals surface area (Å²) in [6, 6.07) is 13.2. The second-order valence-electron chi connectivity index (χ2n) is 9.82. The molecule has 1 aliphatic rings. The molecule has 2 unspecified atom stereocenters. The van der Waals surface area contributed by atoms with E-state index in [1.807, 2.05) is 19.2 Å². The van der Waals surface area contributed by atoms with Crippen molar-refractivity contribution in [3.05, 3.63) is 48.3 Å². The van der Waals surface area contributed by atoms with E-state index in [0.29, 0.717) is 16.5 Å². The van der Waals surface area contributed by atoms with Gasteiger partial charge in [0.2, 0.25) is 0 Å². The second-order valence-corrected chi connectivity index (χ2v) is 11.3. The van der Waals surface area contributed by atoms with Crippen LogP contribution in [-0.4, -0.2) is 39.2 Å². The van der Waals surface area contributed by atoms with Crippen LogP contribution in [0.2, 0.25) is 0 Å². The normalized spacial score (nSPS) is 18.3. The van der Waals surface area contributed by atoms with Crippen LogP contribution in [0.4, 0.5) is 11.4 Å². The minimum atomic E-state index is -1.37. The van der Waals surface area contributed by atoms with Gasteiger partial charge in [0.05, 0.1) is 21.6 Å². The predicted octanol–water partition coefficient (Wildman–Crippen LogP) is 3.89. The smallest absolute Gasteiger partial charge is 0.161 e. The Hall–Kier alpha value is -2.26. The summed E-state index contributed by atoms with van der Waals surface area (Å²) in [5, 5.41) is 9.13. The van der Waals surface area contributed by atoms with Gasteiger partial charge in [-0.05, 0) is 55.5 Å². The number of ether oxygens (including phenoxy) is 1. The summed E-state index contributed by atoms with van der Waals surface area (Å²) < 4.78 is 22.9. The number of aromatic nitrogens is 2. The van der Waals surface area contributed by atoms with E-state index in [1.54, 1.807) is 28.6 Å². The number of nitrogens with two attached hydrogens (primary N) is 1. The fourth-order valence-electron chi connectivity index (χ4n) is 4.41. The van der Waals surface area contributed by atoms with Crippen molar-refractivity contribution in [1.82, 2.24) is 9.55 Å². The third kappa shape index (κ3) is 5.30. The van der Waals surface area contributed by atoms with E-state index in [1.165, 1.54) is 6.42 Å². The Labute approximate surface area is 198 Å².